The molecule has 0 aromatic heterocycles. The van der Waals surface area contributed by atoms with Gasteiger partial charge in [-0.25, -0.2) is 0 Å². The van der Waals surface area contributed by atoms with E-state index in [1.54, 1.807) is 36.4 Å². The van der Waals surface area contributed by atoms with Gasteiger partial charge in [-0.2, -0.15) is 0 Å². The third-order valence-electron chi connectivity index (χ3n) is 3.54. The molecule has 0 saturated carbocycles. The molecule has 31 heavy (non-hydrogen) atoms. The van der Waals surface area contributed by atoms with Crippen LogP contribution in [0, 0.1) is 38.6 Å². The summed E-state index contributed by atoms with van der Waals surface area (Å²) >= 11 is 0. The molecule has 0 bridgehead atoms. The van der Waals surface area contributed by atoms with Crippen LogP contribution in [0.15, 0.2) is 72.8 Å². The Balaban J connectivity index is 0.000000429. The molecule has 0 heterocycles. The first-order chi connectivity index (χ1) is 14.1. The van der Waals surface area contributed by atoms with E-state index < -0.39 is 17.9 Å². The smallest absolute Gasteiger partial charge is 0.545 e. The second kappa shape index (κ2) is 13.9. The minimum Gasteiger partial charge on any atom is -0.545 e. The Bertz CT molecular complexity index is 911. The van der Waals surface area contributed by atoms with Crippen molar-refractivity contribution in [2.24, 2.45) is 0 Å². The number of para-hydroxylation sites is 3. The fraction of sp³-hybridized carbons (Fsp3) is 0. The second-order valence-electron chi connectivity index (χ2n) is 5.62. The van der Waals surface area contributed by atoms with E-state index in [-0.39, 0.29) is 72.4 Å². The van der Waals surface area contributed by atoms with Crippen molar-refractivity contribution in [3.63, 3.8) is 0 Å². The van der Waals surface area contributed by atoms with Crippen LogP contribution < -0.4 is 32.5 Å². The fourth-order valence-corrected chi connectivity index (χ4v) is 2.05. The Hall–Kier alpha value is -3.24. The van der Waals surface area contributed by atoms with Crippen molar-refractivity contribution in [1.82, 2.24) is 0 Å². The summed E-state index contributed by atoms with van der Waals surface area (Å²) in [6, 6.07) is 18.6. The Morgan fingerprint density at radius 1 is 0.484 bits per heavy atom. The second-order valence-corrected chi connectivity index (χ2v) is 5.62. The maximum absolute atomic E-state index is 10.2. The zero-order chi connectivity index (χ0) is 22.7. The van der Waals surface area contributed by atoms with Crippen LogP contribution in [0.5, 0.6) is 0 Å². The molecule has 0 aliphatic carbocycles. The topological polar surface area (TPSA) is 198 Å². The zero-order valence-corrected chi connectivity index (χ0v) is 18.1. The average Bonchev–Trinajstić information content (AvgIpc) is 2.69. The van der Waals surface area contributed by atoms with E-state index in [2.05, 4.69) is 0 Å². The number of nitrogen functional groups attached to an aromatic ring is 3. The molecular formula is C21H18N3O6Tb. The molecule has 9 nitrogen and oxygen atoms in total. The van der Waals surface area contributed by atoms with Gasteiger partial charge in [0.05, 0.1) is 17.9 Å². The number of hydrogen-bond acceptors (Lipinski definition) is 9. The summed E-state index contributed by atoms with van der Waals surface area (Å²) in [6.07, 6.45) is 0. The Morgan fingerprint density at radius 3 is 0.806 bits per heavy atom. The van der Waals surface area contributed by atoms with Gasteiger partial charge in [-0.05, 0) is 18.2 Å². The molecule has 10 heteroatoms. The maximum atomic E-state index is 10.2. The van der Waals surface area contributed by atoms with Crippen molar-refractivity contribution >= 4 is 35.0 Å². The fourth-order valence-electron chi connectivity index (χ4n) is 2.05. The monoisotopic (exact) mass is 567 g/mol. The molecule has 0 aliphatic heterocycles. The number of rotatable bonds is 3. The number of carboxylic acid groups (broad SMARTS) is 3. The number of carbonyl (C=O) groups excluding carboxylic acids is 3. The van der Waals surface area contributed by atoms with Gasteiger partial charge in [0.1, 0.15) is 0 Å². The van der Waals surface area contributed by atoms with Crippen molar-refractivity contribution in [2.75, 3.05) is 17.2 Å². The molecule has 0 saturated heterocycles. The number of anilines is 3. The van der Waals surface area contributed by atoms with E-state index in [1.165, 1.54) is 36.4 Å². The molecule has 0 amide bonds. The molecule has 162 valence electrons. The van der Waals surface area contributed by atoms with Crippen LogP contribution in [0.3, 0.4) is 0 Å². The van der Waals surface area contributed by atoms with Gasteiger partial charge in [0, 0.05) is 33.8 Å². The third-order valence-corrected chi connectivity index (χ3v) is 3.54. The molecular weight excluding hydrogens is 549 g/mol. The summed E-state index contributed by atoms with van der Waals surface area (Å²) < 4.78 is 0. The Labute approximate surface area is 208 Å². The number of carbonyl (C=O) groups is 3. The van der Waals surface area contributed by atoms with E-state index in [1.807, 2.05) is 0 Å². The molecule has 3 aromatic rings. The van der Waals surface area contributed by atoms with Gasteiger partial charge < -0.3 is 46.9 Å². The quantitative estimate of drug-likeness (QED) is 0.329. The predicted octanol–water partition coefficient (Wildman–Crippen LogP) is -1.10. The number of benzene rings is 3. The molecule has 3 aromatic carbocycles. The van der Waals surface area contributed by atoms with Crippen LogP contribution >= 0.6 is 0 Å². The molecule has 6 N–H and O–H groups in total. The minimum absolute atomic E-state index is 0. The van der Waals surface area contributed by atoms with Gasteiger partial charge in [-0.15, -0.1) is 0 Å². The van der Waals surface area contributed by atoms with Crippen LogP contribution in [-0.2, 0) is 0 Å². The van der Waals surface area contributed by atoms with Crippen LogP contribution in [0.4, 0.5) is 17.1 Å². The van der Waals surface area contributed by atoms with Crippen LogP contribution in [-0.4, -0.2) is 17.9 Å². The molecule has 0 atom stereocenters. The van der Waals surface area contributed by atoms with Crippen LogP contribution in [0.2, 0.25) is 0 Å². The maximum Gasteiger partial charge on any atom is 3.00 e. The van der Waals surface area contributed by atoms with Gasteiger partial charge in [0.25, 0.3) is 0 Å². The van der Waals surface area contributed by atoms with Gasteiger partial charge >= 0.3 is 38.6 Å². The van der Waals surface area contributed by atoms with E-state index in [4.69, 9.17) is 17.2 Å². The van der Waals surface area contributed by atoms with E-state index in [0.717, 1.165) is 0 Å². The number of carboxylic acids is 3. The number of nitrogens with two attached hydrogens (primary N) is 3. The Morgan fingerprint density at radius 2 is 0.677 bits per heavy atom. The van der Waals surface area contributed by atoms with Gasteiger partial charge in [-0.1, -0.05) is 54.6 Å². The summed E-state index contributed by atoms with van der Waals surface area (Å²) in [5.41, 5.74) is 16.7. The van der Waals surface area contributed by atoms with Crippen LogP contribution in [0.25, 0.3) is 0 Å². The van der Waals surface area contributed by atoms with Crippen molar-refractivity contribution in [3.8, 4) is 0 Å². The van der Waals surface area contributed by atoms with Crippen molar-refractivity contribution in [2.45, 2.75) is 0 Å². The van der Waals surface area contributed by atoms with E-state index >= 15 is 0 Å². The summed E-state index contributed by atoms with van der Waals surface area (Å²) in [6.45, 7) is 0. The number of hydrogen-bond donors (Lipinski definition) is 3. The number of aromatic carboxylic acids is 3. The van der Waals surface area contributed by atoms with Gasteiger partial charge in [-0.3, -0.25) is 0 Å². The standard InChI is InChI=1S/3C7H7NO2.Tb/c3*8-6-4-2-1-3-5(6)7(9)10;/h3*1-4H,8H2,(H,9,10);/q;;;+3/p-3. The SMILES string of the molecule is Nc1ccccc1C(=O)[O-].Nc1ccccc1C(=O)[O-].Nc1ccccc1C(=O)[O-].[Tb+3]. The van der Waals surface area contributed by atoms with E-state index in [9.17, 15) is 29.7 Å². The minimum atomic E-state index is -1.24. The first-order valence-corrected chi connectivity index (χ1v) is 8.32. The summed E-state index contributed by atoms with van der Waals surface area (Å²) in [4.78, 5) is 30.7. The summed E-state index contributed by atoms with van der Waals surface area (Å²) in [7, 11) is 0. The molecule has 0 spiro atoms. The van der Waals surface area contributed by atoms with Crippen molar-refractivity contribution < 1.29 is 68.3 Å². The molecule has 0 unspecified atom stereocenters. The predicted molar refractivity (Wildman–Crippen MR) is 106 cm³/mol. The zero-order valence-electron chi connectivity index (χ0n) is 15.9. The largest absolute Gasteiger partial charge is 3.00 e. The van der Waals surface area contributed by atoms with Crippen molar-refractivity contribution in [1.29, 1.82) is 0 Å². The summed E-state index contributed by atoms with van der Waals surface area (Å²) in [5.74, 6) is -3.71. The van der Waals surface area contributed by atoms with Gasteiger partial charge in [0.15, 0.2) is 0 Å². The third kappa shape index (κ3) is 9.40. The van der Waals surface area contributed by atoms with Gasteiger partial charge in [0.2, 0.25) is 0 Å². The normalized spacial score (nSPS) is 8.90. The van der Waals surface area contributed by atoms with Crippen LogP contribution in [0.1, 0.15) is 31.1 Å². The molecule has 0 aliphatic rings. The Kier molecular flexibility index (Phi) is 12.4. The molecule has 0 fully saturated rings. The summed E-state index contributed by atoms with van der Waals surface area (Å²) in [5, 5.41) is 30.7. The molecule has 0 radical (unpaired) electrons. The van der Waals surface area contributed by atoms with Crippen molar-refractivity contribution in [3.05, 3.63) is 89.5 Å². The van der Waals surface area contributed by atoms with E-state index in [0.29, 0.717) is 0 Å². The first-order valence-electron chi connectivity index (χ1n) is 8.32. The molecule has 3 rings (SSSR count). The average molecular weight is 567 g/mol. The first kappa shape index (κ1) is 27.8.